The Hall–Kier alpha value is -4.82. The topological polar surface area (TPSA) is 146 Å². The van der Waals surface area contributed by atoms with Gasteiger partial charge in [0.05, 0.1) is 44.5 Å². The average molecular weight is 533 g/mol. The Kier molecular flexibility index (Phi) is 7.64. The quantitative estimate of drug-likeness (QED) is 0.425. The van der Waals surface area contributed by atoms with Gasteiger partial charge in [0.2, 0.25) is 0 Å². The first-order valence-corrected chi connectivity index (χ1v) is 12.2. The van der Waals surface area contributed by atoms with E-state index in [1.807, 2.05) is 30.3 Å². The van der Waals surface area contributed by atoms with E-state index in [2.05, 4.69) is 16.1 Å². The Bertz CT molecular complexity index is 1660. The number of esters is 1. The van der Waals surface area contributed by atoms with Crippen molar-refractivity contribution in [3.05, 3.63) is 84.8 Å². The molecule has 1 aromatic heterocycles. The lowest BCUT2D eigenvalue weighted by molar-refractivity contribution is -0.133. The number of nitrogens with zero attached hydrogens (tertiary/aromatic N) is 2. The number of nitrogens with one attached hydrogen (secondary N) is 1. The van der Waals surface area contributed by atoms with Crippen molar-refractivity contribution in [2.24, 2.45) is 5.73 Å². The highest BCUT2D eigenvalue weighted by atomic mass is 32.1. The first-order chi connectivity index (χ1) is 18.3. The van der Waals surface area contributed by atoms with E-state index in [1.165, 1.54) is 21.3 Å². The zero-order chi connectivity index (χ0) is 27.4. The number of fused-ring (bicyclic) bond motifs is 1. The maximum atomic E-state index is 13.8. The second kappa shape index (κ2) is 11.1. The fourth-order valence-corrected chi connectivity index (χ4v) is 5.31. The van der Waals surface area contributed by atoms with Gasteiger partial charge in [0.15, 0.2) is 0 Å². The van der Waals surface area contributed by atoms with Gasteiger partial charge in [-0.15, -0.1) is 11.3 Å². The Labute approximate surface area is 221 Å². The van der Waals surface area contributed by atoms with E-state index in [0.29, 0.717) is 17.1 Å². The SMILES string of the molecule is COC(=O)/C=c1\sc2n(c1=O)C(N)=C(C#N)[C@@H](c1ccc(OC)cc1OC)C=2C(=O)NCc1ccccc1. The summed E-state index contributed by atoms with van der Waals surface area (Å²) < 4.78 is 16.8. The molecule has 0 spiro atoms. The summed E-state index contributed by atoms with van der Waals surface area (Å²) in [7, 11) is 4.15. The summed E-state index contributed by atoms with van der Waals surface area (Å²) in [6.45, 7) is 0.202. The van der Waals surface area contributed by atoms with E-state index in [1.54, 1.807) is 18.2 Å². The lowest BCUT2D eigenvalue weighted by Crippen LogP contribution is -2.42. The van der Waals surface area contributed by atoms with Crippen LogP contribution in [0.2, 0.25) is 0 Å². The van der Waals surface area contributed by atoms with Crippen molar-refractivity contribution in [1.82, 2.24) is 9.88 Å². The van der Waals surface area contributed by atoms with Gasteiger partial charge in [-0.1, -0.05) is 36.4 Å². The predicted molar refractivity (Wildman–Crippen MR) is 141 cm³/mol. The number of methoxy groups -OCH3 is 3. The molecule has 1 aliphatic rings. The molecular formula is C27H24N4O6S. The predicted octanol–water partition coefficient (Wildman–Crippen LogP) is 0.796. The second-order valence-electron chi connectivity index (χ2n) is 8.11. The largest absolute Gasteiger partial charge is 0.497 e. The van der Waals surface area contributed by atoms with Gasteiger partial charge in [0.25, 0.3) is 11.5 Å². The minimum absolute atomic E-state index is 0.00259. The third-order valence-corrected chi connectivity index (χ3v) is 7.12. The van der Waals surface area contributed by atoms with E-state index < -0.39 is 23.4 Å². The minimum Gasteiger partial charge on any atom is -0.497 e. The Morgan fingerprint density at radius 3 is 2.53 bits per heavy atom. The van der Waals surface area contributed by atoms with Crippen molar-refractivity contribution in [1.29, 1.82) is 5.26 Å². The molecule has 3 N–H and O–H groups in total. The Morgan fingerprint density at radius 1 is 1.16 bits per heavy atom. The molecule has 0 unspecified atom stereocenters. The molecule has 1 amide bonds. The molecule has 11 heteroatoms. The number of rotatable bonds is 7. The van der Waals surface area contributed by atoms with Gasteiger partial charge in [-0.25, -0.2) is 4.79 Å². The molecule has 2 heterocycles. The maximum absolute atomic E-state index is 13.8. The van der Waals surface area contributed by atoms with E-state index in [-0.39, 0.29) is 32.7 Å². The van der Waals surface area contributed by atoms with Gasteiger partial charge in [-0.3, -0.25) is 14.2 Å². The third kappa shape index (κ3) is 4.77. The highest BCUT2D eigenvalue weighted by Crippen LogP contribution is 2.41. The average Bonchev–Trinajstić information content (AvgIpc) is 3.26. The van der Waals surface area contributed by atoms with Crippen LogP contribution < -0.4 is 35.3 Å². The summed E-state index contributed by atoms with van der Waals surface area (Å²) in [5, 5.41) is 13.1. The van der Waals surface area contributed by atoms with Crippen LogP contribution in [0.1, 0.15) is 17.0 Å². The van der Waals surface area contributed by atoms with Crippen LogP contribution in [0.4, 0.5) is 0 Å². The molecule has 4 rings (SSSR count). The molecular weight excluding hydrogens is 508 g/mol. The summed E-state index contributed by atoms with van der Waals surface area (Å²) in [6.07, 6.45) is 1.03. The number of nitrogens with two attached hydrogens (primary N) is 1. The van der Waals surface area contributed by atoms with Gasteiger partial charge < -0.3 is 25.3 Å². The number of carbonyl (C=O) groups excluding carboxylic acids is 2. The third-order valence-electron chi connectivity index (χ3n) is 6.01. The summed E-state index contributed by atoms with van der Waals surface area (Å²) >= 11 is 0.907. The van der Waals surface area contributed by atoms with Crippen molar-refractivity contribution >= 4 is 40.7 Å². The van der Waals surface area contributed by atoms with Gasteiger partial charge in [0, 0.05) is 24.3 Å². The van der Waals surface area contributed by atoms with Gasteiger partial charge in [-0.05, 0) is 11.6 Å². The van der Waals surface area contributed by atoms with E-state index in [9.17, 15) is 19.6 Å². The van der Waals surface area contributed by atoms with Gasteiger partial charge in [-0.2, -0.15) is 5.26 Å². The molecule has 194 valence electrons. The summed E-state index contributed by atoms with van der Waals surface area (Å²) in [5.74, 6) is -1.51. The number of hydrogen-bond donors (Lipinski definition) is 2. The zero-order valence-electron chi connectivity index (χ0n) is 20.8. The standard InChI is InChI=1S/C27H24N4O6S/c1-35-16-9-10-17(19(11-16)36-2)22-18(13-28)24(29)31-26(34)20(12-21(32)37-3)38-27(31)23(22)25(33)30-14-15-7-5-4-6-8-15/h4-12,22H,14,29H2,1-3H3,(H,30,33)/b20-12-/t22-/m1/s1. The van der Waals surface area contributed by atoms with Crippen LogP contribution in [0.3, 0.4) is 0 Å². The van der Waals surface area contributed by atoms with Gasteiger partial charge in [0.1, 0.15) is 26.5 Å². The Morgan fingerprint density at radius 2 is 1.89 bits per heavy atom. The number of hydrogen-bond acceptors (Lipinski definition) is 9. The molecule has 0 fully saturated rings. The maximum Gasteiger partial charge on any atom is 0.332 e. The number of allylic oxidation sites excluding steroid dienone is 1. The summed E-state index contributed by atoms with van der Waals surface area (Å²) in [4.78, 5) is 39.0. The van der Waals surface area contributed by atoms with Crippen LogP contribution in [0.5, 0.6) is 11.5 Å². The minimum atomic E-state index is -0.972. The van der Waals surface area contributed by atoms with Crippen LogP contribution in [0.15, 0.2) is 58.9 Å². The monoisotopic (exact) mass is 532 g/mol. The lowest BCUT2D eigenvalue weighted by Gasteiger charge is -2.26. The normalized spacial score (nSPS) is 14.9. The first kappa shape index (κ1) is 26.2. The van der Waals surface area contributed by atoms with Crippen LogP contribution >= 0.6 is 11.3 Å². The highest BCUT2D eigenvalue weighted by Gasteiger charge is 2.37. The molecule has 3 aromatic rings. The number of benzene rings is 2. The van der Waals surface area contributed by atoms with Gasteiger partial charge >= 0.3 is 5.97 Å². The highest BCUT2D eigenvalue weighted by molar-refractivity contribution is 7.07. The fraction of sp³-hybridized carbons (Fsp3) is 0.185. The van der Waals surface area contributed by atoms with E-state index in [0.717, 1.165) is 27.5 Å². The molecule has 0 saturated carbocycles. The van der Waals surface area contributed by atoms with Crippen LogP contribution in [-0.2, 0) is 20.9 Å². The van der Waals surface area contributed by atoms with E-state index in [4.69, 9.17) is 15.2 Å². The molecule has 1 aliphatic heterocycles. The molecule has 2 aromatic carbocycles. The number of thiazole rings is 1. The molecule has 0 saturated heterocycles. The van der Waals surface area contributed by atoms with Crippen molar-refractivity contribution in [3.8, 4) is 17.6 Å². The second-order valence-corrected chi connectivity index (χ2v) is 9.14. The number of nitriles is 1. The number of carbonyl (C=O) groups is 2. The number of ether oxygens (including phenoxy) is 3. The number of aromatic nitrogens is 1. The summed E-state index contributed by atoms with van der Waals surface area (Å²) in [5.41, 5.74) is 7.15. The van der Waals surface area contributed by atoms with Crippen molar-refractivity contribution in [2.45, 2.75) is 12.5 Å². The van der Waals surface area contributed by atoms with E-state index >= 15 is 0 Å². The van der Waals surface area contributed by atoms with Crippen molar-refractivity contribution < 1.29 is 23.8 Å². The van der Waals surface area contributed by atoms with Crippen LogP contribution in [-0.4, -0.2) is 37.8 Å². The van der Waals surface area contributed by atoms with Crippen LogP contribution in [0.25, 0.3) is 17.5 Å². The molecule has 0 bridgehead atoms. The Balaban J connectivity index is 2.02. The molecule has 10 nitrogen and oxygen atoms in total. The molecule has 1 atom stereocenters. The molecule has 38 heavy (non-hydrogen) atoms. The summed E-state index contributed by atoms with van der Waals surface area (Å²) in [6, 6.07) is 16.4. The molecule has 0 radical (unpaired) electrons. The molecule has 0 aliphatic carbocycles. The van der Waals surface area contributed by atoms with Crippen molar-refractivity contribution in [3.63, 3.8) is 0 Å². The number of amides is 1. The van der Waals surface area contributed by atoms with Crippen LogP contribution in [0, 0.1) is 11.3 Å². The van der Waals surface area contributed by atoms with Crippen molar-refractivity contribution in [2.75, 3.05) is 21.3 Å². The first-order valence-electron chi connectivity index (χ1n) is 11.3. The smallest absolute Gasteiger partial charge is 0.332 e. The fourth-order valence-electron chi connectivity index (χ4n) is 4.17. The lowest BCUT2D eigenvalue weighted by atomic mass is 9.82. The zero-order valence-corrected chi connectivity index (χ0v) is 21.6.